The zero-order valence-corrected chi connectivity index (χ0v) is 10.4. The largest absolute Gasteiger partial charge is 0.508 e. The highest BCUT2D eigenvalue weighted by molar-refractivity contribution is 5.89. The van der Waals surface area contributed by atoms with Crippen molar-refractivity contribution in [1.82, 2.24) is 4.90 Å². The summed E-state index contributed by atoms with van der Waals surface area (Å²) in [6.45, 7) is 3.83. The molecule has 5 nitrogen and oxygen atoms in total. The maximum Gasteiger partial charge on any atom is 0.337 e. The predicted molar refractivity (Wildman–Crippen MR) is 65.5 cm³/mol. The molecule has 5 heteroatoms. The molecule has 2 rings (SSSR count). The fourth-order valence-electron chi connectivity index (χ4n) is 1.94. The van der Waals surface area contributed by atoms with E-state index in [-0.39, 0.29) is 5.75 Å². The molecule has 1 saturated heterocycles. The van der Waals surface area contributed by atoms with Gasteiger partial charge in [-0.2, -0.15) is 0 Å². The van der Waals surface area contributed by atoms with Gasteiger partial charge in [0.1, 0.15) is 5.75 Å². The van der Waals surface area contributed by atoms with Crippen LogP contribution in [-0.4, -0.2) is 49.4 Å². The number of aromatic hydroxyl groups is 1. The molecule has 98 valence electrons. The third kappa shape index (κ3) is 3.00. The summed E-state index contributed by atoms with van der Waals surface area (Å²) in [6.07, 6.45) is 0. The Labute approximate surface area is 106 Å². The third-order valence-electron chi connectivity index (χ3n) is 3.00. The van der Waals surface area contributed by atoms with Gasteiger partial charge in [-0.05, 0) is 12.1 Å². The van der Waals surface area contributed by atoms with Crippen LogP contribution in [0.4, 0.5) is 0 Å². The van der Waals surface area contributed by atoms with E-state index in [2.05, 4.69) is 9.64 Å². The van der Waals surface area contributed by atoms with Crippen molar-refractivity contribution in [2.24, 2.45) is 0 Å². The van der Waals surface area contributed by atoms with Crippen molar-refractivity contribution >= 4 is 5.97 Å². The lowest BCUT2D eigenvalue weighted by Crippen LogP contribution is -2.35. The van der Waals surface area contributed by atoms with Gasteiger partial charge in [0, 0.05) is 25.2 Å². The molecule has 1 heterocycles. The number of methoxy groups -OCH3 is 1. The smallest absolute Gasteiger partial charge is 0.337 e. The molecular formula is C13H17NO4. The van der Waals surface area contributed by atoms with Gasteiger partial charge >= 0.3 is 5.97 Å². The molecule has 0 atom stereocenters. The van der Waals surface area contributed by atoms with Gasteiger partial charge in [0.25, 0.3) is 0 Å². The summed E-state index contributed by atoms with van der Waals surface area (Å²) in [5.41, 5.74) is 1.17. The van der Waals surface area contributed by atoms with E-state index >= 15 is 0 Å². The van der Waals surface area contributed by atoms with Gasteiger partial charge in [-0.15, -0.1) is 0 Å². The molecule has 0 saturated carbocycles. The molecule has 1 aliphatic rings. The Morgan fingerprint density at radius 2 is 2.17 bits per heavy atom. The van der Waals surface area contributed by atoms with E-state index in [1.165, 1.54) is 13.2 Å². The molecule has 1 aromatic rings. The van der Waals surface area contributed by atoms with Gasteiger partial charge in [0.05, 0.1) is 25.9 Å². The first-order chi connectivity index (χ1) is 8.70. The highest BCUT2D eigenvalue weighted by Gasteiger charge is 2.14. The Hall–Kier alpha value is -1.59. The molecular weight excluding hydrogens is 234 g/mol. The van der Waals surface area contributed by atoms with E-state index in [1.807, 2.05) is 0 Å². The van der Waals surface area contributed by atoms with Gasteiger partial charge in [0.2, 0.25) is 0 Å². The summed E-state index contributed by atoms with van der Waals surface area (Å²) < 4.78 is 9.87. The van der Waals surface area contributed by atoms with Crippen LogP contribution in [0.5, 0.6) is 5.75 Å². The fraction of sp³-hybridized carbons (Fsp3) is 0.462. The number of benzene rings is 1. The monoisotopic (exact) mass is 251 g/mol. The lowest BCUT2D eigenvalue weighted by atomic mass is 10.1. The number of esters is 1. The number of phenolic OH excluding ortho intramolecular Hbond substituents is 1. The minimum atomic E-state index is -0.441. The van der Waals surface area contributed by atoms with Crippen LogP contribution in [0.2, 0.25) is 0 Å². The number of morpholine rings is 1. The lowest BCUT2D eigenvalue weighted by molar-refractivity contribution is 0.0339. The number of hydrogen-bond acceptors (Lipinski definition) is 5. The van der Waals surface area contributed by atoms with E-state index in [0.29, 0.717) is 12.1 Å². The van der Waals surface area contributed by atoms with E-state index in [1.54, 1.807) is 12.1 Å². The molecule has 1 N–H and O–H groups in total. The molecule has 18 heavy (non-hydrogen) atoms. The number of carbonyl (C=O) groups excluding carboxylic acids is 1. The Bertz CT molecular complexity index is 427. The SMILES string of the molecule is COC(=O)c1ccc(CN2CCOCC2)c(O)c1. The highest BCUT2D eigenvalue weighted by atomic mass is 16.5. The van der Waals surface area contributed by atoms with Crippen molar-refractivity contribution in [3.63, 3.8) is 0 Å². The second-order valence-corrected chi connectivity index (χ2v) is 4.22. The van der Waals surface area contributed by atoms with Crippen molar-refractivity contribution in [2.75, 3.05) is 33.4 Å². The van der Waals surface area contributed by atoms with Crippen LogP contribution in [0.15, 0.2) is 18.2 Å². The highest BCUT2D eigenvalue weighted by Crippen LogP contribution is 2.21. The molecule has 0 spiro atoms. The molecule has 1 aromatic carbocycles. The quantitative estimate of drug-likeness (QED) is 0.812. The van der Waals surface area contributed by atoms with Gasteiger partial charge < -0.3 is 14.6 Å². The number of hydrogen-bond donors (Lipinski definition) is 1. The normalized spacial score (nSPS) is 16.5. The average Bonchev–Trinajstić information content (AvgIpc) is 2.41. The Morgan fingerprint density at radius 1 is 1.44 bits per heavy atom. The van der Waals surface area contributed by atoms with Gasteiger partial charge in [-0.25, -0.2) is 4.79 Å². The molecule has 0 radical (unpaired) electrons. The Morgan fingerprint density at radius 3 is 2.78 bits per heavy atom. The number of phenols is 1. The van der Waals surface area contributed by atoms with Crippen LogP contribution < -0.4 is 0 Å². The average molecular weight is 251 g/mol. The van der Waals surface area contributed by atoms with Crippen molar-refractivity contribution in [1.29, 1.82) is 0 Å². The van der Waals surface area contributed by atoms with Crippen molar-refractivity contribution in [3.05, 3.63) is 29.3 Å². The summed E-state index contributed by atoms with van der Waals surface area (Å²) in [6, 6.07) is 4.87. The minimum Gasteiger partial charge on any atom is -0.508 e. The molecule has 0 aliphatic carbocycles. The maximum atomic E-state index is 11.3. The van der Waals surface area contributed by atoms with Gasteiger partial charge in [0.15, 0.2) is 0 Å². The second-order valence-electron chi connectivity index (χ2n) is 4.22. The molecule has 1 fully saturated rings. The number of ether oxygens (including phenoxy) is 2. The van der Waals surface area contributed by atoms with Gasteiger partial charge in [-0.1, -0.05) is 6.07 Å². The minimum absolute atomic E-state index is 0.129. The maximum absolute atomic E-state index is 11.3. The first-order valence-corrected chi connectivity index (χ1v) is 5.91. The summed E-state index contributed by atoms with van der Waals surface area (Å²) >= 11 is 0. The first-order valence-electron chi connectivity index (χ1n) is 5.91. The number of nitrogens with zero attached hydrogens (tertiary/aromatic N) is 1. The fourth-order valence-corrected chi connectivity index (χ4v) is 1.94. The second kappa shape index (κ2) is 5.84. The Balaban J connectivity index is 2.07. The van der Waals surface area contributed by atoms with Crippen LogP contribution in [0.1, 0.15) is 15.9 Å². The van der Waals surface area contributed by atoms with Crippen molar-refractivity contribution < 1.29 is 19.4 Å². The van der Waals surface area contributed by atoms with E-state index < -0.39 is 5.97 Å². The van der Waals surface area contributed by atoms with E-state index in [0.717, 1.165) is 31.9 Å². The predicted octanol–water partition coefficient (Wildman–Crippen LogP) is 1.01. The Kier molecular flexibility index (Phi) is 4.17. The molecule has 0 amide bonds. The van der Waals surface area contributed by atoms with Crippen LogP contribution in [-0.2, 0) is 16.0 Å². The molecule has 0 aromatic heterocycles. The zero-order valence-electron chi connectivity index (χ0n) is 10.4. The first kappa shape index (κ1) is 12.9. The topological polar surface area (TPSA) is 59.0 Å². The standard InChI is InChI=1S/C13H17NO4/c1-17-13(16)10-2-3-11(12(15)8-10)9-14-4-6-18-7-5-14/h2-3,8,15H,4-7,9H2,1H3. The number of carbonyl (C=O) groups is 1. The van der Waals surface area contributed by atoms with Crippen LogP contribution in [0, 0.1) is 0 Å². The molecule has 0 bridgehead atoms. The zero-order chi connectivity index (χ0) is 13.0. The van der Waals surface area contributed by atoms with Gasteiger partial charge in [-0.3, -0.25) is 4.90 Å². The van der Waals surface area contributed by atoms with Crippen molar-refractivity contribution in [2.45, 2.75) is 6.54 Å². The lowest BCUT2D eigenvalue weighted by Gasteiger charge is -2.26. The van der Waals surface area contributed by atoms with E-state index in [4.69, 9.17) is 4.74 Å². The summed E-state index contributed by atoms with van der Waals surface area (Å²) in [5, 5.41) is 9.90. The van der Waals surface area contributed by atoms with Crippen molar-refractivity contribution in [3.8, 4) is 5.75 Å². The number of rotatable bonds is 3. The van der Waals surface area contributed by atoms with Crippen LogP contribution >= 0.6 is 0 Å². The molecule has 1 aliphatic heterocycles. The summed E-state index contributed by atoms with van der Waals surface area (Å²) in [5.74, 6) is -0.312. The third-order valence-corrected chi connectivity index (χ3v) is 3.00. The van der Waals surface area contributed by atoms with E-state index in [9.17, 15) is 9.90 Å². The van der Waals surface area contributed by atoms with Crippen LogP contribution in [0.25, 0.3) is 0 Å². The molecule has 0 unspecified atom stereocenters. The summed E-state index contributed by atoms with van der Waals surface area (Å²) in [4.78, 5) is 13.5. The van der Waals surface area contributed by atoms with Crippen LogP contribution in [0.3, 0.4) is 0 Å². The summed E-state index contributed by atoms with van der Waals surface area (Å²) in [7, 11) is 1.32.